The van der Waals surface area contributed by atoms with Crippen LogP contribution in [-0.4, -0.2) is 47.2 Å². The molecule has 1 fully saturated rings. The molecule has 5 heteroatoms. The first-order chi connectivity index (χ1) is 9.19. The summed E-state index contributed by atoms with van der Waals surface area (Å²) in [6.07, 6.45) is 3.44. The quantitative estimate of drug-likeness (QED) is 0.889. The van der Waals surface area contributed by atoms with E-state index in [-0.39, 0.29) is 12.1 Å². The summed E-state index contributed by atoms with van der Waals surface area (Å²) in [5.41, 5.74) is 2.09. The second-order valence-corrected chi connectivity index (χ2v) is 5.74. The minimum atomic E-state index is -0.375. The zero-order chi connectivity index (χ0) is 13.7. The average molecular weight is 280 g/mol. The van der Waals surface area contributed by atoms with Gasteiger partial charge in [-0.05, 0) is 42.5 Å². The number of hydrogen-bond donors (Lipinski definition) is 2. The van der Waals surface area contributed by atoms with Crippen LogP contribution in [0, 0.1) is 0 Å². The van der Waals surface area contributed by atoms with Gasteiger partial charge in [-0.1, -0.05) is 12.1 Å². The number of β-amino-alcohol motifs (C(OH)–C–C–N with tert-alkyl or cyclic N) is 1. The Kier molecular flexibility index (Phi) is 5.10. The molecule has 0 unspecified atom stereocenters. The van der Waals surface area contributed by atoms with Gasteiger partial charge in [0, 0.05) is 18.8 Å². The van der Waals surface area contributed by atoms with E-state index in [2.05, 4.69) is 11.6 Å². The molecule has 0 spiro atoms. The molecular formula is C14H20N2O2S. The molecule has 1 saturated heterocycles. The van der Waals surface area contributed by atoms with Crippen molar-refractivity contribution >= 4 is 23.5 Å². The van der Waals surface area contributed by atoms with Crippen LogP contribution < -0.4 is 5.32 Å². The SMILES string of the molecule is CSCCc1ccc(NC(=O)N2CC[C@@H](O)C2)cc1. The van der Waals surface area contributed by atoms with E-state index in [4.69, 9.17) is 0 Å². The van der Waals surface area contributed by atoms with E-state index in [1.54, 1.807) is 4.90 Å². The molecule has 1 atom stereocenters. The lowest BCUT2D eigenvalue weighted by Crippen LogP contribution is -2.33. The summed E-state index contributed by atoms with van der Waals surface area (Å²) in [5, 5.41) is 12.3. The number of urea groups is 1. The first-order valence-electron chi connectivity index (χ1n) is 6.51. The van der Waals surface area contributed by atoms with Gasteiger partial charge < -0.3 is 15.3 Å². The van der Waals surface area contributed by atoms with E-state index in [0.717, 1.165) is 17.9 Å². The number of nitrogens with zero attached hydrogens (tertiary/aromatic N) is 1. The molecule has 2 N–H and O–H groups in total. The highest BCUT2D eigenvalue weighted by Gasteiger charge is 2.24. The smallest absolute Gasteiger partial charge is 0.321 e. The highest BCUT2D eigenvalue weighted by atomic mass is 32.2. The number of carbonyl (C=O) groups excluding carboxylic acids is 1. The van der Waals surface area contributed by atoms with Crippen molar-refractivity contribution in [1.82, 2.24) is 4.90 Å². The first kappa shape index (κ1) is 14.2. The minimum Gasteiger partial charge on any atom is -0.391 e. The van der Waals surface area contributed by atoms with Crippen LogP contribution >= 0.6 is 11.8 Å². The minimum absolute atomic E-state index is 0.131. The van der Waals surface area contributed by atoms with E-state index in [9.17, 15) is 9.90 Å². The summed E-state index contributed by atoms with van der Waals surface area (Å²) in [6, 6.07) is 7.82. The number of likely N-dealkylation sites (tertiary alicyclic amines) is 1. The van der Waals surface area contributed by atoms with Gasteiger partial charge in [-0.3, -0.25) is 0 Å². The summed E-state index contributed by atoms with van der Waals surface area (Å²) < 4.78 is 0. The van der Waals surface area contributed by atoms with Crippen molar-refractivity contribution in [3.63, 3.8) is 0 Å². The van der Waals surface area contributed by atoms with E-state index in [1.165, 1.54) is 5.56 Å². The van der Waals surface area contributed by atoms with Crippen LogP contribution in [0.25, 0.3) is 0 Å². The fraction of sp³-hybridized carbons (Fsp3) is 0.500. The van der Waals surface area contributed by atoms with Crippen LogP contribution in [0.4, 0.5) is 10.5 Å². The van der Waals surface area contributed by atoms with Crippen molar-refractivity contribution in [3.8, 4) is 0 Å². The summed E-state index contributed by atoms with van der Waals surface area (Å²) in [4.78, 5) is 13.6. The Bertz CT molecular complexity index is 422. The van der Waals surface area contributed by atoms with Gasteiger partial charge >= 0.3 is 6.03 Å². The van der Waals surface area contributed by atoms with Crippen molar-refractivity contribution in [1.29, 1.82) is 0 Å². The lowest BCUT2D eigenvalue weighted by molar-refractivity contribution is 0.176. The zero-order valence-corrected chi connectivity index (χ0v) is 11.9. The number of carbonyl (C=O) groups is 1. The molecule has 1 heterocycles. The molecule has 19 heavy (non-hydrogen) atoms. The fourth-order valence-electron chi connectivity index (χ4n) is 2.10. The Morgan fingerprint density at radius 1 is 1.47 bits per heavy atom. The van der Waals surface area contributed by atoms with Gasteiger partial charge in [-0.15, -0.1) is 0 Å². The van der Waals surface area contributed by atoms with Crippen molar-refractivity contribution in [3.05, 3.63) is 29.8 Å². The van der Waals surface area contributed by atoms with Gasteiger partial charge in [0.2, 0.25) is 0 Å². The van der Waals surface area contributed by atoms with E-state index < -0.39 is 0 Å². The topological polar surface area (TPSA) is 52.6 Å². The highest BCUT2D eigenvalue weighted by molar-refractivity contribution is 7.98. The van der Waals surface area contributed by atoms with Crippen LogP contribution in [0.2, 0.25) is 0 Å². The number of thioether (sulfide) groups is 1. The third-order valence-corrected chi connectivity index (χ3v) is 3.86. The first-order valence-corrected chi connectivity index (χ1v) is 7.90. The van der Waals surface area contributed by atoms with Crippen molar-refractivity contribution in [2.45, 2.75) is 18.9 Å². The molecule has 0 saturated carbocycles. The third kappa shape index (κ3) is 4.14. The molecule has 0 bridgehead atoms. The van der Waals surface area contributed by atoms with Gasteiger partial charge in [-0.2, -0.15) is 11.8 Å². The number of aryl methyl sites for hydroxylation is 1. The molecule has 4 nitrogen and oxygen atoms in total. The van der Waals surface area contributed by atoms with E-state index in [1.807, 2.05) is 36.0 Å². The molecule has 0 aliphatic carbocycles. The molecule has 1 aromatic carbocycles. The van der Waals surface area contributed by atoms with Crippen LogP contribution in [0.15, 0.2) is 24.3 Å². The Hall–Kier alpha value is -1.20. The van der Waals surface area contributed by atoms with Crippen molar-refractivity contribution in [2.75, 3.05) is 30.4 Å². The maximum atomic E-state index is 11.9. The second kappa shape index (κ2) is 6.82. The molecule has 1 aliphatic heterocycles. The number of aliphatic hydroxyl groups is 1. The van der Waals surface area contributed by atoms with E-state index in [0.29, 0.717) is 19.5 Å². The van der Waals surface area contributed by atoms with Gasteiger partial charge in [0.1, 0.15) is 0 Å². The Morgan fingerprint density at radius 3 is 2.79 bits per heavy atom. The van der Waals surface area contributed by atoms with E-state index >= 15 is 0 Å². The summed E-state index contributed by atoms with van der Waals surface area (Å²) in [7, 11) is 0. The number of nitrogens with one attached hydrogen (secondary N) is 1. The maximum absolute atomic E-state index is 11.9. The highest BCUT2D eigenvalue weighted by Crippen LogP contribution is 2.14. The number of hydrogen-bond acceptors (Lipinski definition) is 3. The largest absolute Gasteiger partial charge is 0.391 e. The standard InChI is InChI=1S/C14H20N2O2S/c1-19-9-7-11-2-4-12(5-3-11)15-14(18)16-8-6-13(17)10-16/h2-5,13,17H,6-10H2,1H3,(H,15,18)/t13-/m1/s1. The van der Waals surface area contributed by atoms with Gasteiger partial charge in [-0.25, -0.2) is 4.79 Å². The predicted molar refractivity (Wildman–Crippen MR) is 79.7 cm³/mol. The summed E-state index contributed by atoms with van der Waals surface area (Å²) >= 11 is 1.83. The molecule has 0 aromatic heterocycles. The summed E-state index contributed by atoms with van der Waals surface area (Å²) in [6.45, 7) is 1.05. The molecule has 2 amide bonds. The Morgan fingerprint density at radius 2 is 2.21 bits per heavy atom. The average Bonchev–Trinajstić information content (AvgIpc) is 2.85. The number of aliphatic hydroxyl groups excluding tert-OH is 1. The number of amides is 2. The molecule has 0 radical (unpaired) electrons. The van der Waals surface area contributed by atoms with Gasteiger partial charge in [0.15, 0.2) is 0 Å². The van der Waals surface area contributed by atoms with Crippen molar-refractivity contribution in [2.24, 2.45) is 0 Å². The normalized spacial score (nSPS) is 18.6. The number of anilines is 1. The third-order valence-electron chi connectivity index (χ3n) is 3.25. The lowest BCUT2D eigenvalue weighted by atomic mass is 10.1. The monoisotopic (exact) mass is 280 g/mol. The fourth-order valence-corrected chi connectivity index (χ4v) is 2.54. The zero-order valence-electron chi connectivity index (χ0n) is 11.1. The second-order valence-electron chi connectivity index (χ2n) is 4.76. The van der Waals surface area contributed by atoms with Crippen LogP contribution in [0.1, 0.15) is 12.0 Å². The predicted octanol–water partition coefficient (Wildman–Crippen LogP) is 2.19. The van der Waals surface area contributed by atoms with Crippen LogP contribution in [0.5, 0.6) is 0 Å². The molecule has 104 valence electrons. The van der Waals surface area contributed by atoms with Gasteiger partial charge in [0.05, 0.1) is 6.10 Å². The lowest BCUT2D eigenvalue weighted by Gasteiger charge is -2.16. The number of benzene rings is 1. The molecular weight excluding hydrogens is 260 g/mol. The summed E-state index contributed by atoms with van der Waals surface area (Å²) in [5.74, 6) is 1.11. The number of rotatable bonds is 4. The Labute approximate surface area is 118 Å². The van der Waals surface area contributed by atoms with Crippen LogP contribution in [0.3, 0.4) is 0 Å². The molecule has 1 aromatic rings. The van der Waals surface area contributed by atoms with Crippen LogP contribution in [-0.2, 0) is 6.42 Å². The Balaban J connectivity index is 1.87. The molecule has 1 aliphatic rings. The van der Waals surface area contributed by atoms with Gasteiger partial charge in [0.25, 0.3) is 0 Å². The molecule has 2 rings (SSSR count). The van der Waals surface area contributed by atoms with Crippen molar-refractivity contribution < 1.29 is 9.90 Å². The maximum Gasteiger partial charge on any atom is 0.321 e.